The van der Waals surface area contributed by atoms with Gasteiger partial charge in [-0.3, -0.25) is 0 Å². The standard InChI is InChI=1S/C14H30N2/c1-4-9-15-14(13-7-8-13)12-16(10-5-2)11-6-3/h13-15H,4-12H2,1-3H3. The summed E-state index contributed by atoms with van der Waals surface area (Å²) in [5.74, 6) is 0.975. The van der Waals surface area contributed by atoms with E-state index in [0.717, 1.165) is 12.0 Å². The van der Waals surface area contributed by atoms with E-state index in [1.54, 1.807) is 0 Å². The Balaban J connectivity index is 2.31. The van der Waals surface area contributed by atoms with Crippen molar-refractivity contribution in [3.63, 3.8) is 0 Å². The molecule has 96 valence electrons. The van der Waals surface area contributed by atoms with Crippen LogP contribution < -0.4 is 5.32 Å². The van der Waals surface area contributed by atoms with Gasteiger partial charge in [0.25, 0.3) is 0 Å². The highest BCUT2D eigenvalue weighted by Crippen LogP contribution is 2.33. The zero-order valence-corrected chi connectivity index (χ0v) is 11.5. The molecule has 0 aromatic heterocycles. The lowest BCUT2D eigenvalue weighted by molar-refractivity contribution is 0.231. The Labute approximate surface area is 102 Å². The Morgan fingerprint density at radius 3 is 2.12 bits per heavy atom. The van der Waals surface area contributed by atoms with Crippen LogP contribution in [0.15, 0.2) is 0 Å². The molecule has 1 atom stereocenters. The molecule has 1 aliphatic rings. The Kier molecular flexibility index (Phi) is 7.06. The molecule has 1 rings (SSSR count). The van der Waals surface area contributed by atoms with E-state index in [2.05, 4.69) is 31.0 Å². The first-order chi connectivity index (χ1) is 7.81. The summed E-state index contributed by atoms with van der Waals surface area (Å²) >= 11 is 0. The van der Waals surface area contributed by atoms with E-state index in [0.29, 0.717) is 0 Å². The zero-order chi connectivity index (χ0) is 11.8. The molecule has 1 fully saturated rings. The van der Waals surface area contributed by atoms with Gasteiger partial charge in [0.2, 0.25) is 0 Å². The van der Waals surface area contributed by atoms with Crippen LogP contribution in [0.4, 0.5) is 0 Å². The smallest absolute Gasteiger partial charge is 0.0223 e. The SMILES string of the molecule is CCCNC(CN(CCC)CCC)C1CC1. The van der Waals surface area contributed by atoms with Crippen molar-refractivity contribution in [3.05, 3.63) is 0 Å². The third kappa shape index (κ3) is 5.31. The van der Waals surface area contributed by atoms with Crippen LogP contribution in [-0.2, 0) is 0 Å². The number of rotatable bonds is 10. The van der Waals surface area contributed by atoms with Gasteiger partial charge >= 0.3 is 0 Å². The Morgan fingerprint density at radius 2 is 1.69 bits per heavy atom. The molecule has 16 heavy (non-hydrogen) atoms. The van der Waals surface area contributed by atoms with E-state index >= 15 is 0 Å². The molecule has 0 aromatic carbocycles. The highest BCUT2D eigenvalue weighted by atomic mass is 15.1. The predicted molar refractivity (Wildman–Crippen MR) is 71.8 cm³/mol. The molecule has 2 nitrogen and oxygen atoms in total. The summed E-state index contributed by atoms with van der Waals surface area (Å²) in [6, 6.07) is 0.762. The molecule has 0 radical (unpaired) electrons. The van der Waals surface area contributed by atoms with E-state index in [1.807, 2.05) is 0 Å². The van der Waals surface area contributed by atoms with Crippen molar-refractivity contribution in [3.8, 4) is 0 Å². The molecule has 1 N–H and O–H groups in total. The average molecular weight is 226 g/mol. The van der Waals surface area contributed by atoms with Crippen LogP contribution in [0.3, 0.4) is 0 Å². The summed E-state index contributed by atoms with van der Waals surface area (Å²) in [6.45, 7) is 11.8. The van der Waals surface area contributed by atoms with Crippen molar-refractivity contribution in [1.82, 2.24) is 10.2 Å². The maximum atomic E-state index is 3.74. The largest absolute Gasteiger partial charge is 0.312 e. The number of nitrogens with one attached hydrogen (secondary N) is 1. The summed E-state index contributed by atoms with van der Waals surface area (Å²) in [5, 5.41) is 3.74. The van der Waals surface area contributed by atoms with E-state index in [9.17, 15) is 0 Å². The molecule has 0 spiro atoms. The lowest BCUT2D eigenvalue weighted by Gasteiger charge is -2.27. The topological polar surface area (TPSA) is 15.3 Å². The second-order valence-electron chi connectivity index (χ2n) is 5.20. The van der Waals surface area contributed by atoms with Crippen molar-refractivity contribution in [2.75, 3.05) is 26.2 Å². The summed E-state index contributed by atoms with van der Waals surface area (Å²) < 4.78 is 0. The van der Waals surface area contributed by atoms with Crippen molar-refractivity contribution >= 4 is 0 Å². The van der Waals surface area contributed by atoms with Crippen LogP contribution in [0.25, 0.3) is 0 Å². The van der Waals surface area contributed by atoms with Crippen molar-refractivity contribution in [2.24, 2.45) is 5.92 Å². The molecule has 1 saturated carbocycles. The quantitative estimate of drug-likeness (QED) is 0.616. The molecule has 0 amide bonds. The first-order valence-electron chi connectivity index (χ1n) is 7.27. The van der Waals surface area contributed by atoms with Crippen LogP contribution in [-0.4, -0.2) is 37.1 Å². The fourth-order valence-corrected chi connectivity index (χ4v) is 2.41. The monoisotopic (exact) mass is 226 g/mol. The van der Waals surface area contributed by atoms with Crippen molar-refractivity contribution < 1.29 is 0 Å². The first kappa shape index (κ1) is 14.0. The fraction of sp³-hybridized carbons (Fsp3) is 1.00. The normalized spacial score (nSPS) is 18.0. The van der Waals surface area contributed by atoms with Crippen LogP contribution in [0.2, 0.25) is 0 Å². The van der Waals surface area contributed by atoms with Gasteiger partial charge in [0.1, 0.15) is 0 Å². The Hall–Kier alpha value is -0.0800. The zero-order valence-electron chi connectivity index (χ0n) is 11.5. The molecule has 0 aliphatic heterocycles. The lowest BCUT2D eigenvalue weighted by atomic mass is 10.1. The minimum atomic E-state index is 0.762. The van der Waals surface area contributed by atoms with Gasteiger partial charge in [0.15, 0.2) is 0 Å². The average Bonchev–Trinajstić information content (AvgIpc) is 3.08. The van der Waals surface area contributed by atoms with Gasteiger partial charge in [-0.1, -0.05) is 20.8 Å². The highest BCUT2D eigenvalue weighted by molar-refractivity contribution is 4.88. The minimum absolute atomic E-state index is 0.762. The third-order valence-corrected chi connectivity index (χ3v) is 3.38. The molecular formula is C14H30N2. The van der Waals surface area contributed by atoms with Crippen LogP contribution in [0, 0.1) is 5.92 Å². The maximum Gasteiger partial charge on any atom is 0.0223 e. The molecule has 0 heterocycles. The van der Waals surface area contributed by atoms with Gasteiger partial charge in [-0.05, 0) is 57.7 Å². The molecule has 0 aromatic rings. The van der Waals surface area contributed by atoms with Gasteiger partial charge in [-0.2, -0.15) is 0 Å². The summed E-state index contributed by atoms with van der Waals surface area (Å²) in [7, 11) is 0. The van der Waals surface area contributed by atoms with E-state index < -0.39 is 0 Å². The molecule has 1 unspecified atom stereocenters. The third-order valence-electron chi connectivity index (χ3n) is 3.38. The maximum absolute atomic E-state index is 3.74. The number of hydrogen-bond donors (Lipinski definition) is 1. The Bertz CT molecular complexity index is 160. The lowest BCUT2D eigenvalue weighted by Crippen LogP contribution is -2.43. The molecular weight excluding hydrogens is 196 g/mol. The van der Waals surface area contributed by atoms with E-state index in [4.69, 9.17) is 0 Å². The number of nitrogens with zero attached hydrogens (tertiary/aromatic N) is 1. The number of hydrogen-bond acceptors (Lipinski definition) is 2. The second-order valence-corrected chi connectivity index (χ2v) is 5.20. The molecule has 0 bridgehead atoms. The van der Waals surface area contributed by atoms with Crippen LogP contribution in [0.5, 0.6) is 0 Å². The van der Waals surface area contributed by atoms with Crippen LogP contribution in [0.1, 0.15) is 52.9 Å². The first-order valence-corrected chi connectivity index (χ1v) is 7.27. The minimum Gasteiger partial charge on any atom is -0.312 e. The van der Waals surface area contributed by atoms with E-state index in [-0.39, 0.29) is 0 Å². The van der Waals surface area contributed by atoms with Crippen molar-refractivity contribution in [1.29, 1.82) is 0 Å². The summed E-state index contributed by atoms with van der Waals surface area (Å²) in [6.07, 6.45) is 6.72. The molecule has 0 saturated heterocycles. The van der Waals surface area contributed by atoms with Gasteiger partial charge in [0, 0.05) is 12.6 Å². The Morgan fingerprint density at radius 1 is 1.06 bits per heavy atom. The van der Waals surface area contributed by atoms with Gasteiger partial charge in [-0.25, -0.2) is 0 Å². The molecule has 2 heteroatoms. The fourth-order valence-electron chi connectivity index (χ4n) is 2.41. The predicted octanol–water partition coefficient (Wildman–Crippen LogP) is 2.89. The summed E-state index contributed by atoms with van der Waals surface area (Å²) in [4.78, 5) is 2.64. The van der Waals surface area contributed by atoms with Crippen LogP contribution >= 0.6 is 0 Å². The van der Waals surface area contributed by atoms with Crippen molar-refractivity contribution in [2.45, 2.75) is 58.9 Å². The van der Waals surface area contributed by atoms with Gasteiger partial charge in [-0.15, -0.1) is 0 Å². The van der Waals surface area contributed by atoms with Gasteiger partial charge in [0.05, 0.1) is 0 Å². The second kappa shape index (κ2) is 8.08. The molecule has 1 aliphatic carbocycles. The highest BCUT2D eigenvalue weighted by Gasteiger charge is 2.31. The van der Waals surface area contributed by atoms with Gasteiger partial charge < -0.3 is 10.2 Å². The summed E-state index contributed by atoms with van der Waals surface area (Å²) in [5.41, 5.74) is 0. The van der Waals surface area contributed by atoms with E-state index in [1.165, 1.54) is 58.3 Å².